The summed E-state index contributed by atoms with van der Waals surface area (Å²) in [4.78, 5) is 52.2. The minimum atomic E-state index is -1.44. The topological polar surface area (TPSA) is 135 Å². The monoisotopic (exact) mass is 576 g/mol. The van der Waals surface area contributed by atoms with Gasteiger partial charge in [0.2, 0.25) is 5.91 Å². The molecule has 11 nitrogen and oxygen atoms in total. The number of anilines is 2. The van der Waals surface area contributed by atoms with Crippen LogP contribution in [0.15, 0.2) is 36.4 Å². The highest BCUT2D eigenvalue weighted by molar-refractivity contribution is 6.31. The van der Waals surface area contributed by atoms with Gasteiger partial charge in [-0.05, 0) is 56.2 Å². The average molecular weight is 577 g/mol. The summed E-state index contributed by atoms with van der Waals surface area (Å²) in [7, 11) is 2.73. The van der Waals surface area contributed by atoms with E-state index in [1.807, 2.05) is 0 Å². The van der Waals surface area contributed by atoms with Gasteiger partial charge >= 0.3 is 12.2 Å². The zero-order valence-electron chi connectivity index (χ0n) is 22.2. The summed E-state index contributed by atoms with van der Waals surface area (Å²) in [6.45, 7) is 1.95. The lowest BCUT2D eigenvalue weighted by Gasteiger charge is -2.45. The maximum absolute atomic E-state index is 15.3. The molecule has 2 aliphatic rings. The normalized spacial score (nSPS) is 19.5. The van der Waals surface area contributed by atoms with Crippen molar-refractivity contribution in [1.29, 1.82) is 0 Å². The van der Waals surface area contributed by atoms with Gasteiger partial charge in [-0.3, -0.25) is 20.2 Å². The smallest absolute Gasteiger partial charge is 0.412 e. The molecule has 3 N–H and O–H groups in total. The maximum Gasteiger partial charge on any atom is 0.412 e. The average Bonchev–Trinajstić information content (AvgIpc) is 2.94. The molecule has 2 heterocycles. The molecular weight excluding hydrogens is 547 g/mol. The van der Waals surface area contributed by atoms with Gasteiger partial charge in [0.15, 0.2) is 11.4 Å². The molecule has 3 atom stereocenters. The highest BCUT2D eigenvalue weighted by Crippen LogP contribution is 2.45. The summed E-state index contributed by atoms with van der Waals surface area (Å²) in [5.41, 5.74) is -0.443. The number of hydrogen-bond donors (Lipinski definition) is 3. The van der Waals surface area contributed by atoms with E-state index in [9.17, 15) is 19.2 Å². The van der Waals surface area contributed by atoms with Crippen LogP contribution in [-0.2, 0) is 24.6 Å². The number of carbonyl (C=O) groups excluding carboxylic acids is 4. The van der Waals surface area contributed by atoms with Crippen molar-refractivity contribution in [1.82, 2.24) is 10.2 Å². The van der Waals surface area contributed by atoms with Gasteiger partial charge in [0.25, 0.3) is 5.91 Å². The van der Waals surface area contributed by atoms with E-state index in [0.717, 1.165) is 0 Å². The number of ether oxygens (including phenoxy) is 3. The minimum Gasteiger partial charge on any atom is -0.453 e. The highest BCUT2D eigenvalue weighted by Gasteiger charge is 2.49. The summed E-state index contributed by atoms with van der Waals surface area (Å²) in [5.74, 6) is -1.68. The van der Waals surface area contributed by atoms with Crippen LogP contribution in [0.1, 0.15) is 42.1 Å². The van der Waals surface area contributed by atoms with Gasteiger partial charge in [0.05, 0.1) is 36.0 Å². The highest BCUT2D eigenvalue weighted by atomic mass is 35.5. The van der Waals surface area contributed by atoms with Gasteiger partial charge < -0.3 is 24.4 Å². The van der Waals surface area contributed by atoms with Crippen molar-refractivity contribution in [2.24, 2.45) is 0 Å². The van der Waals surface area contributed by atoms with Crippen molar-refractivity contribution in [3.63, 3.8) is 0 Å². The molecule has 1 spiro atoms. The number of piperidine rings is 1. The van der Waals surface area contributed by atoms with Crippen molar-refractivity contribution in [2.75, 3.05) is 37.9 Å². The van der Waals surface area contributed by atoms with Gasteiger partial charge in [-0.25, -0.2) is 14.0 Å². The van der Waals surface area contributed by atoms with Crippen LogP contribution in [-0.4, -0.2) is 68.4 Å². The molecule has 2 aliphatic heterocycles. The molecule has 0 radical (unpaired) electrons. The lowest BCUT2D eigenvalue weighted by atomic mass is 9.82. The summed E-state index contributed by atoms with van der Waals surface area (Å²) in [6, 6.07) is 7.89. The van der Waals surface area contributed by atoms with Crippen molar-refractivity contribution < 1.29 is 37.8 Å². The second-order valence-corrected chi connectivity index (χ2v) is 10.1. The Bertz CT molecular complexity index is 1310. The van der Waals surface area contributed by atoms with Crippen molar-refractivity contribution in [3.05, 3.63) is 58.4 Å². The van der Waals surface area contributed by atoms with Crippen LogP contribution in [0.3, 0.4) is 0 Å². The first-order chi connectivity index (χ1) is 19.1. The van der Waals surface area contributed by atoms with Gasteiger partial charge in [-0.1, -0.05) is 11.6 Å². The number of hydrogen-bond acceptors (Lipinski definition) is 7. The minimum absolute atomic E-state index is 0.0867. The van der Waals surface area contributed by atoms with E-state index in [1.165, 1.54) is 55.5 Å². The van der Waals surface area contributed by atoms with Crippen LogP contribution in [0.5, 0.6) is 0 Å². The predicted octanol–water partition coefficient (Wildman–Crippen LogP) is 4.26. The van der Waals surface area contributed by atoms with Crippen LogP contribution in [0.4, 0.5) is 25.4 Å². The van der Waals surface area contributed by atoms with Crippen LogP contribution in [0, 0.1) is 5.82 Å². The number of halogens is 2. The quantitative estimate of drug-likeness (QED) is 0.448. The summed E-state index contributed by atoms with van der Waals surface area (Å²) < 4.78 is 30.8. The number of methoxy groups -OCH3 is 2. The Labute approximate surface area is 235 Å². The van der Waals surface area contributed by atoms with E-state index in [-0.39, 0.29) is 47.3 Å². The first kappa shape index (κ1) is 29.1. The Morgan fingerprint density at radius 2 is 1.93 bits per heavy atom. The number of amides is 4. The molecule has 4 rings (SSSR count). The van der Waals surface area contributed by atoms with E-state index in [2.05, 4.69) is 20.7 Å². The lowest BCUT2D eigenvalue weighted by molar-refractivity contribution is -0.142. The molecule has 0 saturated carbocycles. The van der Waals surface area contributed by atoms with E-state index in [0.29, 0.717) is 18.7 Å². The molecule has 0 bridgehead atoms. The summed E-state index contributed by atoms with van der Waals surface area (Å²) >= 11 is 6.05. The standard InChI is InChI=1S/C27H30ClFN4O7/c1-15(38-2)13-20(31-23(34)16-5-7-17(8-6-16)30-25(36)39-3)24(35)33-12-4-11-27(14-33)21-19(32-26(37)40-27)10-9-18(28)22(21)29/h5-10,15,20H,4,11-14H2,1-3H3,(H,30,36)(H,31,34)(H,32,37)/t15-,20-,27+/m1/s1. The number of nitrogens with one attached hydrogen (secondary N) is 3. The van der Waals surface area contributed by atoms with Crippen molar-refractivity contribution >= 4 is 47.0 Å². The van der Waals surface area contributed by atoms with E-state index in [1.54, 1.807) is 6.92 Å². The number of carbonyl (C=O) groups is 4. The van der Waals surface area contributed by atoms with E-state index in [4.69, 9.17) is 21.1 Å². The Balaban J connectivity index is 1.56. The predicted molar refractivity (Wildman–Crippen MR) is 144 cm³/mol. The number of rotatable bonds is 7. The van der Waals surface area contributed by atoms with Crippen molar-refractivity contribution in [3.8, 4) is 0 Å². The van der Waals surface area contributed by atoms with Crippen LogP contribution >= 0.6 is 11.6 Å². The third kappa shape index (κ3) is 6.13. The molecule has 2 aromatic rings. The Kier molecular flexibility index (Phi) is 8.79. The molecule has 1 fully saturated rings. The molecule has 13 heteroatoms. The SMILES string of the molecule is COC(=O)Nc1ccc(C(=O)N[C@H](C[C@@H](C)OC)C(=O)N2CCC[C@@]3(C2)OC(=O)Nc2ccc(Cl)c(F)c23)cc1. The first-order valence-electron chi connectivity index (χ1n) is 12.6. The Morgan fingerprint density at radius 1 is 1.20 bits per heavy atom. The van der Waals surface area contributed by atoms with E-state index < -0.39 is 41.5 Å². The Hall–Kier alpha value is -3.90. The molecule has 40 heavy (non-hydrogen) atoms. The number of benzene rings is 2. The number of nitrogens with zero attached hydrogens (tertiary/aromatic N) is 1. The fourth-order valence-corrected chi connectivity index (χ4v) is 5.10. The molecule has 214 valence electrons. The fourth-order valence-electron chi connectivity index (χ4n) is 4.95. The zero-order valence-corrected chi connectivity index (χ0v) is 23.0. The summed E-state index contributed by atoms with van der Waals surface area (Å²) in [5, 5.41) is 7.63. The number of likely N-dealkylation sites (tertiary alicyclic amines) is 1. The van der Waals surface area contributed by atoms with Gasteiger partial charge in [0, 0.05) is 31.3 Å². The fraction of sp³-hybridized carbons (Fsp3) is 0.407. The Morgan fingerprint density at radius 3 is 2.60 bits per heavy atom. The first-order valence-corrected chi connectivity index (χ1v) is 13.0. The third-order valence-corrected chi connectivity index (χ3v) is 7.29. The zero-order chi connectivity index (χ0) is 29.0. The molecule has 4 amide bonds. The van der Waals surface area contributed by atoms with Crippen LogP contribution in [0.25, 0.3) is 0 Å². The number of fused-ring (bicyclic) bond motifs is 2. The largest absolute Gasteiger partial charge is 0.453 e. The molecule has 2 aromatic carbocycles. The van der Waals surface area contributed by atoms with Gasteiger partial charge in [-0.15, -0.1) is 0 Å². The van der Waals surface area contributed by atoms with Crippen LogP contribution in [0.2, 0.25) is 5.02 Å². The molecule has 1 saturated heterocycles. The second kappa shape index (κ2) is 12.1. The molecular formula is C27H30ClFN4O7. The summed E-state index contributed by atoms with van der Waals surface area (Å²) in [6.07, 6.45) is -0.935. The van der Waals surface area contributed by atoms with E-state index >= 15 is 4.39 Å². The molecule has 0 aromatic heterocycles. The van der Waals surface area contributed by atoms with Gasteiger partial charge in [0.1, 0.15) is 6.04 Å². The molecule has 0 unspecified atom stereocenters. The lowest BCUT2D eigenvalue weighted by Crippen LogP contribution is -2.57. The van der Waals surface area contributed by atoms with Crippen molar-refractivity contribution in [2.45, 2.75) is 43.9 Å². The van der Waals surface area contributed by atoms with Crippen LogP contribution < -0.4 is 16.0 Å². The molecule has 0 aliphatic carbocycles. The third-order valence-electron chi connectivity index (χ3n) is 6.99. The second-order valence-electron chi connectivity index (χ2n) is 9.66. The van der Waals surface area contributed by atoms with Gasteiger partial charge in [-0.2, -0.15) is 0 Å². The maximum atomic E-state index is 15.3.